The molecule has 1 atom stereocenters. The smallest absolute Gasteiger partial charge is 0.292 e. The van der Waals surface area contributed by atoms with Crippen molar-refractivity contribution in [3.05, 3.63) is 33.9 Å². The number of benzene rings is 1. The Morgan fingerprint density at radius 3 is 2.81 bits per heavy atom. The van der Waals surface area contributed by atoms with E-state index in [0.717, 1.165) is 12.5 Å². The van der Waals surface area contributed by atoms with E-state index < -0.39 is 11.0 Å². The van der Waals surface area contributed by atoms with Crippen molar-refractivity contribution in [3.63, 3.8) is 0 Å². The minimum atomic E-state index is -0.718. The summed E-state index contributed by atoms with van der Waals surface area (Å²) in [6.45, 7) is 3.54. The summed E-state index contributed by atoms with van der Waals surface area (Å²) in [5, 5.41) is 20.7. The van der Waals surface area contributed by atoms with Gasteiger partial charge in [-0.05, 0) is 37.3 Å². The van der Waals surface area contributed by atoms with Crippen LogP contribution in [-0.2, 0) is 4.74 Å². The molecule has 1 N–H and O–H groups in total. The van der Waals surface area contributed by atoms with Gasteiger partial charge in [-0.25, -0.2) is 0 Å². The molecule has 6 heteroatoms. The summed E-state index contributed by atoms with van der Waals surface area (Å²) in [6, 6.07) is 4.83. The molecule has 0 saturated heterocycles. The standard InChI is InChI=1S/C15H22N2O4/c1-11(18)13-5-6-14(15(9-13)17(19)20)16(2)7-8-21-10-12-3-4-12/h5-6,9,11-12,18H,3-4,7-8,10H2,1-2H3. The third kappa shape index (κ3) is 4.41. The maximum Gasteiger partial charge on any atom is 0.292 e. The van der Waals surface area contributed by atoms with Crippen LogP contribution in [0.2, 0.25) is 0 Å². The van der Waals surface area contributed by atoms with Gasteiger partial charge in [-0.2, -0.15) is 0 Å². The maximum absolute atomic E-state index is 11.2. The van der Waals surface area contributed by atoms with Crippen molar-refractivity contribution in [2.45, 2.75) is 25.9 Å². The summed E-state index contributed by atoms with van der Waals surface area (Å²) < 4.78 is 5.56. The molecule has 1 aliphatic rings. The fourth-order valence-corrected chi connectivity index (χ4v) is 2.13. The van der Waals surface area contributed by atoms with Crippen molar-refractivity contribution in [2.75, 3.05) is 31.7 Å². The van der Waals surface area contributed by atoms with Gasteiger partial charge in [0.2, 0.25) is 0 Å². The molecular formula is C15H22N2O4. The molecule has 1 aliphatic carbocycles. The molecule has 0 aliphatic heterocycles. The molecule has 0 heterocycles. The lowest BCUT2D eigenvalue weighted by atomic mass is 10.1. The lowest BCUT2D eigenvalue weighted by Crippen LogP contribution is -2.23. The van der Waals surface area contributed by atoms with E-state index in [9.17, 15) is 15.2 Å². The van der Waals surface area contributed by atoms with E-state index in [2.05, 4.69) is 0 Å². The molecule has 21 heavy (non-hydrogen) atoms. The van der Waals surface area contributed by atoms with Crippen molar-refractivity contribution >= 4 is 11.4 Å². The number of likely N-dealkylation sites (N-methyl/N-ethyl adjacent to an activating group) is 1. The Labute approximate surface area is 124 Å². The Kier molecular flexibility index (Phi) is 5.14. The number of ether oxygens (including phenoxy) is 1. The molecule has 1 fully saturated rings. The van der Waals surface area contributed by atoms with Gasteiger partial charge in [0.15, 0.2) is 0 Å². The second-order valence-corrected chi connectivity index (χ2v) is 5.62. The molecule has 1 aromatic carbocycles. The first-order valence-corrected chi connectivity index (χ1v) is 7.24. The maximum atomic E-state index is 11.2. The molecule has 6 nitrogen and oxygen atoms in total. The SMILES string of the molecule is CC(O)c1ccc(N(C)CCOCC2CC2)c([N+](=O)[O-])c1. The van der Waals surface area contributed by atoms with E-state index in [1.807, 2.05) is 11.9 Å². The zero-order valence-corrected chi connectivity index (χ0v) is 12.5. The highest BCUT2D eigenvalue weighted by Crippen LogP contribution is 2.31. The number of nitrogens with zero attached hydrogens (tertiary/aromatic N) is 2. The van der Waals surface area contributed by atoms with E-state index in [1.165, 1.54) is 18.9 Å². The number of anilines is 1. The molecule has 0 aromatic heterocycles. The highest BCUT2D eigenvalue weighted by Gasteiger charge is 2.22. The molecule has 116 valence electrons. The van der Waals surface area contributed by atoms with Crippen LogP contribution < -0.4 is 4.90 Å². The van der Waals surface area contributed by atoms with Gasteiger partial charge < -0.3 is 14.7 Å². The van der Waals surface area contributed by atoms with Gasteiger partial charge in [-0.3, -0.25) is 10.1 Å². The highest BCUT2D eigenvalue weighted by atomic mass is 16.6. The highest BCUT2D eigenvalue weighted by molar-refractivity contribution is 5.64. The largest absolute Gasteiger partial charge is 0.389 e. The van der Waals surface area contributed by atoms with E-state index >= 15 is 0 Å². The van der Waals surface area contributed by atoms with Crippen LogP contribution in [0.15, 0.2) is 18.2 Å². The van der Waals surface area contributed by atoms with Crippen LogP contribution >= 0.6 is 0 Å². The Balaban J connectivity index is 2.00. The quantitative estimate of drug-likeness (QED) is 0.453. The van der Waals surface area contributed by atoms with Gasteiger partial charge in [0, 0.05) is 26.3 Å². The topological polar surface area (TPSA) is 75.8 Å². The van der Waals surface area contributed by atoms with Gasteiger partial charge in [0.25, 0.3) is 5.69 Å². The predicted octanol–water partition coefficient (Wildman–Crippen LogP) is 2.51. The van der Waals surface area contributed by atoms with Crippen LogP contribution in [0, 0.1) is 16.0 Å². The zero-order valence-electron chi connectivity index (χ0n) is 12.5. The van der Waals surface area contributed by atoms with Gasteiger partial charge in [0.1, 0.15) is 5.69 Å². The predicted molar refractivity (Wildman–Crippen MR) is 80.5 cm³/mol. The zero-order chi connectivity index (χ0) is 15.4. The number of aliphatic hydroxyl groups is 1. The van der Waals surface area contributed by atoms with Gasteiger partial charge >= 0.3 is 0 Å². The lowest BCUT2D eigenvalue weighted by molar-refractivity contribution is -0.384. The monoisotopic (exact) mass is 294 g/mol. The second-order valence-electron chi connectivity index (χ2n) is 5.62. The average Bonchev–Trinajstić information content (AvgIpc) is 3.26. The van der Waals surface area contributed by atoms with Crippen molar-refractivity contribution < 1.29 is 14.8 Å². The summed E-state index contributed by atoms with van der Waals surface area (Å²) in [6.07, 6.45) is 1.79. The number of aliphatic hydroxyl groups excluding tert-OH is 1. The molecule has 1 saturated carbocycles. The summed E-state index contributed by atoms with van der Waals surface area (Å²) in [4.78, 5) is 12.6. The van der Waals surface area contributed by atoms with E-state index in [-0.39, 0.29) is 5.69 Å². The van der Waals surface area contributed by atoms with E-state index in [1.54, 1.807) is 19.1 Å². The first-order valence-electron chi connectivity index (χ1n) is 7.24. The molecular weight excluding hydrogens is 272 g/mol. The fourth-order valence-electron chi connectivity index (χ4n) is 2.13. The average molecular weight is 294 g/mol. The summed E-state index contributed by atoms with van der Waals surface area (Å²) in [5.41, 5.74) is 1.10. The number of hydrogen-bond acceptors (Lipinski definition) is 5. The summed E-state index contributed by atoms with van der Waals surface area (Å²) >= 11 is 0. The van der Waals surface area contributed by atoms with E-state index in [0.29, 0.717) is 24.4 Å². The summed E-state index contributed by atoms with van der Waals surface area (Å²) in [7, 11) is 1.81. The molecule has 2 rings (SSSR count). The number of rotatable bonds is 8. The third-order valence-corrected chi connectivity index (χ3v) is 3.71. The molecule has 1 aromatic rings. The Bertz CT molecular complexity index is 500. The Morgan fingerprint density at radius 1 is 1.52 bits per heavy atom. The first kappa shape index (κ1) is 15.7. The molecule has 1 unspecified atom stereocenters. The van der Waals surface area contributed by atoms with Crippen LogP contribution in [0.4, 0.5) is 11.4 Å². The van der Waals surface area contributed by atoms with Gasteiger partial charge in [-0.1, -0.05) is 6.07 Å². The normalized spacial score (nSPS) is 15.8. The van der Waals surface area contributed by atoms with Crippen molar-refractivity contribution in [2.24, 2.45) is 5.92 Å². The van der Waals surface area contributed by atoms with Crippen LogP contribution in [0.3, 0.4) is 0 Å². The van der Waals surface area contributed by atoms with Crippen molar-refractivity contribution in [3.8, 4) is 0 Å². The number of nitro groups is 1. The molecule has 0 radical (unpaired) electrons. The van der Waals surface area contributed by atoms with E-state index in [4.69, 9.17) is 4.74 Å². The second kappa shape index (κ2) is 6.87. The first-order chi connectivity index (χ1) is 9.99. The lowest BCUT2D eigenvalue weighted by Gasteiger charge is -2.20. The summed E-state index contributed by atoms with van der Waals surface area (Å²) in [5.74, 6) is 0.718. The molecule has 0 amide bonds. The van der Waals surface area contributed by atoms with Crippen molar-refractivity contribution in [1.29, 1.82) is 0 Å². The Morgan fingerprint density at radius 2 is 2.24 bits per heavy atom. The molecule has 0 spiro atoms. The minimum Gasteiger partial charge on any atom is -0.389 e. The third-order valence-electron chi connectivity index (χ3n) is 3.71. The fraction of sp³-hybridized carbons (Fsp3) is 0.600. The number of hydrogen-bond donors (Lipinski definition) is 1. The number of nitro benzene ring substituents is 1. The van der Waals surface area contributed by atoms with Crippen LogP contribution in [-0.4, -0.2) is 36.8 Å². The molecule has 0 bridgehead atoms. The van der Waals surface area contributed by atoms with Crippen LogP contribution in [0.5, 0.6) is 0 Å². The van der Waals surface area contributed by atoms with Crippen molar-refractivity contribution in [1.82, 2.24) is 0 Å². The van der Waals surface area contributed by atoms with Crippen LogP contribution in [0.1, 0.15) is 31.4 Å². The van der Waals surface area contributed by atoms with Crippen LogP contribution in [0.25, 0.3) is 0 Å². The minimum absolute atomic E-state index is 0.0121. The van der Waals surface area contributed by atoms with Gasteiger partial charge in [0.05, 0.1) is 17.6 Å². The Hall–Kier alpha value is -1.66. The van der Waals surface area contributed by atoms with Gasteiger partial charge in [-0.15, -0.1) is 0 Å².